The highest BCUT2D eigenvalue weighted by atomic mass is 16.1. The van der Waals surface area contributed by atoms with Gasteiger partial charge in [-0.3, -0.25) is 9.78 Å². The van der Waals surface area contributed by atoms with E-state index in [0.29, 0.717) is 11.3 Å². The molecule has 1 amide bonds. The third-order valence-corrected chi connectivity index (χ3v) is 2.97. The molecule has 2 aromatic heterocycles. The summed E-state index contributed by atoms with van der Waals surface area (Å²) in [5.41, 5.74) is 3.30. The maximum atomic E-state index is 12.2. The van der Waals surface area contributed by atoms with E-state index in [1.807, 2.05) is 37.3 Å². The van der Waals surface area contributed by atoms with Crippen LogP contribution in [0.15, 0.2) is 48.9 Å². The van der Waals surface area contributed by atoms with Gasteiger partial charge in [0.1, 0.15) is 0 Å². The Hall–Kier alpha value is -2.62. The summed E-state index contributed by atoms with van der Waals surface area (Å²) in [6.45, 7) is 1.94. The number of amides is 1. The van der Waals surface area contributed by atoms with Crippen molar-refractivity contribution in [1.82, 2.24) is 9.97 Å². The Morgan fingerprint density at radius 3 is 2.95 bits per heavy atom. The number of hydrogen-bond acceptors (Lipinski definition) is 2. The topological polar surface area (TPSA) is 57.8 Å². The fraction of sp³-hybridized carbons (Fsp3) is 0.0667. The van der Waals surface area contributed by atoms with Gasteiger partial charge < -0.3 is 10.3 Å². The highest BCUT2D eigenvalue weighted by Gasteiger charge is 2.11. The van der Waals surface area contributed by atoms with Gasteiger partial charge in [-0.2, -0.15) is 0 Å². The zero-order valence-corrected chi connectivity index (χ0v) is 10.5. The molecule has 4 nitrogen and oxygen atoms in total. The summed E-state index contributed by atoms with van der Waals surface area (Å²) >= 11 is 0. The molecule has 0 fully saturated rings. The van der Waals surface area contributed by atoms with Crippen molar-refractivity contribution >= 4 is 22.5 Å². The lowest BCUT2D eigenvalue weighted by atomic mass is 10.1. The molecule has 0 aliphatic carbocycles. The summed E-state index contributed by atoms with van der Waals surface area (Å²) in [5.74, 6) is -0.134. The number of rotatable bonds is 2. The van der Waals surface area contributed by atoms with E-state index in [1.165, 1.54) is 0 Å². The van der Waals surface area contributed by atoms with Crippen molar-refractivity contribution in [2.45, 2.75) is 6.92 Å². The molecule has 0 aliphatic rings. The maximum Gasteiger partial charge on any atom is 0.257 e. The smallest absolute Gasteiger partial charge is 0.257 e. The van der Waals surface area contributed by atoms with Crippen molar-refractivity contribution in [3.05, 3.63) is 60.0 Å². The normalized spacial score (nSPS) is 10.6. The van der Waals surface area contributed by atoms with E-state index in [9.17, 15) is 4.79 Å². The molecule has 0 aliphatic heterocycles. The van der Waals surface area contributed by atoms with Crippen molar-refractivity contribution in [2.24, 2.45) is 0 Å². The van der Waals surface area contributed by atoms with E-state index in [4.69, 9.17) is 0 Å². The number of hydrogen-bond donors (Lipinski definition) is 2. The molecule has 0 atom stereocenters. The summed E-state index contributed by atoms with van der Waals surface area (Å²) in [7, 11) is 0. The number of nitrogens with one attached hydrogen (secondary N) is 2. The van der Waals surface area contributed by atoms with E-state index in [-0.39, 0.29) is 5.91 Å². The Morgan fingerprint density at radius 1 is 1.26 bits per heavy atom. The zero-order valence-electron chi connectivity index (χ0n) is 10.5. The quantitative estimate of drug-likeness (QED) is 0.735. The van der Waals surface area contributed by atoms with E-state index in [1.54, 1.807) is 18.6 Å². The van der Waals surface area contributed by atoms with Gasteiger partial charge in [-0.1, -0.05) is 18.2 Å². The first kappa shape index (κ1) is 11.5. The molecule has 2 N–H and O–H groups in total. The van der Waals surface area contributed by atoms with Crippen LogP contribution in [0.5, 0.6) is 0 Å². The molecule has 0 radical (unpaired) electrons. The van der Waals surface area contributed by atoms with Gasteiger partial charge in [0.2, 0.25) is 0 Å². The molecular formula is C15H13N3O. The van der Waals surface area contributed by atoms with Crippen molar-refractivity contribution < 1.29 is 4.79 Å². The van der Waals surface area contributed by atoms with E-state index >= 15 is 0 Å². The molecule has 19 heavy (non-hydrogen) atoms. The third-order valence-electron chi connectivity index (χ3n) is 2.97. The number of aromatic nitrogens is 2. The number of aryl methyl sites for hydroxylation is 1. The Morgan fingerprint density at radius 2 is 2.11 bits per heavy atom. The molecule has 0 spiro atoms. The molecule has 0 saturated carbocycles. The fourth-order valence-electron chi connectivity index (χ4n) is 2.08. The van der Waals surface area contributed by atoms with E-state index in [0.717, 1.165) is 16.5 Å². The van der Waals surface area contributed by atoms with Gasteiger partial charge in [0, 0.05) is 23.3 Å². The number of nitrogens with zero attached hydrogens (tertiary/aromatic N) is 1. The van der Waals surface area contributed by atoms with Crippen LogP contribution in [0, 0.1) is 6.92 Å². The van der Waals surface area contributed by atoms with Crippen LogP contribution in [0.4, 0.5) is 5.69 Å². The molecule has 3 aromatic rings. The predicted molar refractivity (Wildman–Crippen MR) is 75.2 cm³/mol. The minimum absolute atomic E-state index is 0.134. The predicted octanol–water partition coefficient (Wildman–Crippen LogP) is 3.12. The van der Waals surface area contributed by atoms with Gasteiger partial charge in [-0.05, 0) is 24.6 Å². The molecule has 0 bridgehead atoms. The third kappa shape index (κ3) is 2.20. The Kier molecular flexibility index (Phi) is 2.76. The molecule has 4 heteroatoms. The molecule has 1 aromatic carbocycles. The van der Waals surface area contributed by atoms with Gasteiger partial charge in [0.05, 0.1) is 17.4 Å². The van der Waals surface area contributed by atoms with E-state index < -0.39 is 0 Å². The average Bonchev–Trinajstić information content (AvgIpc) is 2.82. The number of benzene rings is 1. The van der Waals surface area contributed by atoms with Crippen LogP contribution in [0.1, 0.15) is 15.9 Å². The minimum atomic E-state index is -0.134. The van der Waals surface area contributed by atoms with Crippen molar-refractivity contribution in [1.29, 1.82) is 0 Å². The van der Waals surface area contributed by atoms with E-state index in [2.05, 4.69) is 15.3 Å². The summed E-state index contributed by atoms with van der Waals surface area (Å²) in [6.07, 6.45) is 5.12. The lowest BCUT2D eigenvalue weighted by Gasteiger charge is -2.04. The van der Waals surface area contributed by atoms with Crippen LogP contribution in [0.3, 0.4) is 0 Å². The summed E-state index contributed by atoms with van der Waals surface area (Å²) < 4.78 is 0. The first-order valence-electron chi connectivity index (χ1n) is 6.03. The van der Waals surface area contributed by atoms with Gasteiger partial charge in [0.25, 0.3) is 5.91 Å². The molecule has 94 valence electrons. The molecule has 0 saturated heterocycles. The standard InChI is InChI=1S/C15H13N3O/c1-10-6-11(8-16-7-10)18-15(19)13-9-17-14-5-3-2-4-12(13)14/h2-9,17H,1H3,(H,18,19). The van der Waals surface area contributed by atoms with Crippen LogP contribution >= 0.6 is 0 Å². The second-order valence-corrected chi connectivity index (χ2v) is 4.45. The first-order valence-corrected chi connectivity index (χ1v) is 6.03. The summed E-state index contributed by atoms with van der Waals surface area (Å²) in [4.78, 5) is 19.4. The van der Waals surface area contributed by atoms with Gasteiger partial charge in [0.15, 0.2) is 0 Å². The SMILES string of the molecule is Cc1cncc(NC(=O)c2c[nH]c3ccccc23)c1. The number of aromatic amines is 1. The van der Waals surface area contributed by atoms with Crippen molar-refractivity contribution in [2.75, 3.05) is 5.32 Å². The summed E-state index contributed by atoms with van der Waals surface area (Å²) in [5, 5.41) is 3.77. The lowest BCUT2D eigenvalue weighted by molar-refractivity contribution is 0.102. The van der Waals surface area contributed by atoms with Crippen molar-refractivity contribution in [3.8, 4) is 0 Å². The van der Waals surface area contributed by atoms with Gasteiger partial charge in [-0.25, -0.2) is 0 Å². The van der Waals surface area contributed by atoms with Crippen LogP contribution in [0.25, 0.3) is 10.9 Å². The molecule has 0 unspecified atom stereocenters. The fourth-order valence-corrected chi connectivity index (χ4v) is 2.08. The van der Waals surface area contributed by atoms with Gasteiger partial charge in [-0.15, -0.1) is 0 Å². The number of fused-ring (bicyclic) bond motifs is 1. The Balaban J connectivity index is 1.92. The number of pyridine rings is 1. The summed E-state index contributed by atoms with van der Waals surface area (Å²) in [6, 6.07) is 9.61. The number of H-pyrrole nitrogens is 1. The zero-order chi connectivity index (χ0) is 13.2. The van der Waals surface area contributed by atoms with Crippen LogP contribution in [0.2, 0.25) is 0 Å². The molecule has 2 heterocycles. The number of carbonyl (C=O) groups is 1. The number of carbonyl (C=O) groups excluding carboxylic acids is 1. The lowest BCUT2D eigenvalue weighted by Crippen LogP contribution is -2.11. The molecular weight excluding hydrogens is 238 g/mol. The first-order chi connectivity index (χ1) is 9.24. The largest absolute Gasteiger partial charge is 0.360 e. The van der Waals surface area contributed by atoms with Crippen LogP contribution in [-0.4, -0.2) is 15.9 Å². The molecule has 3 rings (SSSR count). The highest BCUT2D eigenvalue weighted by Crippen LogP contribution is 2.19. The average molecular weight is 251 g/mol. The van der Waals surface area contributed by atoms with Crippen LogP contribution in [-0.2, 0) is 0 Å². The second-order valence-electron chi connectivity index (χ2n) is 4.45. The highest BCUT2D eigenvalue weighted by molar-refractivity contribution is 6.12. The Labute approximate surface area is 110 Å². The monoisotopic (exact) mass is 251 g/mol. The second kappa shape index (κ2) is 4.57. The number of anilines is 1. The number of para-hydroxylation sites is 1. The van der Waals surface area contributed by atoms with Crippen LogP contribution < -0.4 is 5.32 Å². The van der Waals surface area contributed by atoms with Gasteiger partial charge >= 0.3 is 0 Å². The van der Waals surface area contributed by atoms with Crippen molar-refractivity contribution in [3.63, 3.8) is 0 Å². The minimum Gasteiger partial charge on any atom is -0.360 e. The Bertz CT molecular complexity index is 746. The maximum absolute atomic E-state index is 12.2.